The van der Waals surface area contributed by atoms with E-state index >= 15 is 0 Å². The van der Waals surface area contributed by atoms with Crippen LogP contribution in [-0.4, -0.2) is 61.1 Å². The van der Waals surface area contributed by atoms with Crippen LogP contribution in [0.5, 0.6) is 0 Å². The van der Waals surface area contributed by atoms with Gasteiger partial charge in [-0.1, -0.05) is 24.3 Å². The average Bonchev–Trinajstić information content (AvgIpc) is 2.68. The Bertz CT molecular complexity index is 575. The van der Waals surface area contributed by atoms with Crippen molar-refractivity contribution in [3.8, 4) is 0 Å². The molecule has 1 aromatic rings. The number of ether oxygens (including phenoxy) is 1. The second-order valence-corrected chi connectivity index (χ2v) is 7.41. The van der Waals surface area contributed by atoms with Gasteiger partial charge in [-0.05, 0) is 43.2 Å². The number of carbonyl (C=O) groups is 1. The standard InChI is InChI=1S/C20H28N2O2/c23-20(17-7-13-24-14-8-17)22-11-9-21(10-12-22)19-6-5-16-3-1-2-4-18(16)15-19/h1-4,17,19H,5-15H2. The summed E-state index contributed by atoms with van der Waals surface area (Å²) < 4.78 is 5.38. The minimum atomic E-state index is 0.201. The van der Waals surface area contributed by atoms with E-state index < -0.39 is 0 Å². The molecule has 3 aliphatic rings. The SMILES string of the molecule is O=C(C1CCOCC1)N1CCN(C2CCc3ccccc3C2)CC1. The highest BCUT2D eigenvalue weighted by Gasteiger charge is 2.31. The van der Waals surface area contributed by atoms with Crippen LogP contribution in [0.25, 0.3) is 0 Å². The van der Waals surface area contributed by atoms with Crippen LogP contribution in [0.1, 0.15) is 30.4 Å². The highest BCUT2D eigenvalue weighted by molar-refractivity contribution is 5.79. The lowest BCUT2D eigenvalue weighted by Crippen LogP contribution is -2.54. The maximum atomic E-state index is 12.7. The van der Waals surface area contributed by atoms with E-state index in [4.69, 9.17) is 4.74 Å². The lowest BCUT2D eigenvalue weighted by Gasteiger charge is -2.42. The second kappa shape index (κ2) is 7.24. The van der Waals surface area contributed by atoms with E-state index in [0.717, 1.165) is 52.2 Å². The first-order valence-electron chi connectivity index (χ1n) is 9.48. The molecule has 2 saturated heterocycles. The monoisotopic (exact) mass is 328 g/mol. The molecular weight excluding hydrogens is 300 g/mol. The van der Waals surface area contributed by atoms with E-state index in [-0.39, 0.29) is 5.92 Å². The number of carbonyl (C=O) groups excluding carboxylic acids is 1. The Labute approximate surface area is 144 Å². The molecule has 1 aromatic carbocycles. The predicted octanol–water partition coefficient (Wildman–Crippen LogP) is 2.11. The highest BCUT2D eigenvalue weighted by Crippen LogP contribution is 2.26. The topological polar surface area (TPSA) is 32.8 Å². The molecule has 0 bridgehead atoms. The summed E-state index contributed by atoms with van der Waals surface area (Å²) in [7, 11) is 0. The van der Waals surface area contributed by atoms with Gasteiger partial charge < -0.3 is 9.64 Å². The number of amides is 1. The summed E-state index contributed by atoms with van der Waals surface area (Å²) in [4.78, 5) is 17.4. The summed E-state index contributed by atoms with van der Waals surface area (Å²) >= 11 is 0. The fourth-order valence-electron chi connectivity index (χ4n) is 4.50. The van der Waals surface area contributed by atoms with Crippen LogP contribution >= 0.6 is 0 Å². The van der Waals surface area contributed by atoms with Crippen LogP contribution in [0.3, 0.4) is 0 Å². The van der Waals surface area contributed by atoms with Gasteiger partial charge in [-0.3, -0.25) is 9.69 Å². The van der Waals surface area contributed by atoms with Gasteiger partial charge in [0.25, 0.3) is 0 Å². The number of benzene rings is 1. The number of rotatable bonds is 2. The molecule has 4 heteroatoms. The van der Waals surface area contributed by atoms with Crippen molar-refractivity contribution in [1.29, 1.82) is 0 Å². The number of nitrogens with zero attached hydrogens (tertiary/aromatic N) is 2. The Balaban J connectivity index is 1.31. The molecular formula is C20H28N2O2. The Morgan fingerprint density at radius 3 is 2.42 bits per heavy atom. The normalized spacial score (nSPS) is 26.2. The van der Waals surface area contributed by atoms with Crippen molar-refractivity contribution in [2.75, 3.05) is 39.4 Å². The molecule has 0 aromatic heterocycles. The van der Waals surface area contributed by atoms with Gasteiger partial charge in [0.1, 0.15) is 0 Å². The molecule has 1 atom stereocenters. The van der Waals surface area contributed by atoms with Gasteiger partial charge in [-0.2, -0.15) is 0 Å². The van der Waals surface area contributed by atoms with Crippen molar-refractivity contribution < 1.29 is 9.53 Å². The molecule has 2 fully saturated rings. The third-order valence-corrected chi connectivity index (χ3v) is 6.03. The minimum Gasteiger partial charge on any atom is -0.381 e. The van der Waals surface area contributed by atoms with E-state index in [2.05, 4.69) is 34.1 Å². The lowest BCUT2D eigenvalue weighted by molar-refractivity contribution is -0.140. The van der Waals surface area contributed by atoms with Crippen LogP contribution < -0.4 is 0 Å². The fourth-order valence-corrected chi connectivity index (χ4v) is 4.50. The van der Waals surface area contributed by atoms with Crippen LogP contribution in [0.2, 0.25) is 0 Å². The summed E-state index contributed by atoms with van der Waals surface area (Å²) in [5, 5.41) is 0. The Kier molecular flexibility index (Phi) is 4.86. The first kappa shape index (κ1) is 16.1. The van der Waals surface area contributed by atoms with Gasteiger partial charge >= 0.3 is 0 Å². The van der Waals surface area contributed by atoms with E-state index in [1.54, 1.807) is 0 Å². The third kappa shape index (κ3) is 3.35. The molecule has 1 unspecified atom stereocenters. The molecule has 0 radical (unpaired) electrons. The lowest BCUT2D eigenvalue weighted by atomic mass is 9.87. The highest BCUT2D eigenvalue weighted by atomic mass is 16.5. The van der Waals surface area contributed by atoms with Gasteiger partial charge in [0.05, 0.1) is 0 Å². The van der Waals surface area contributed by atoms with Crippen molar-refractivity contribution in [2.45, 2.75) is 38.1 Å². The summed E-state index contributed by atoms with van der Waals surface area (Å²) in [5.74, 6) is 0.568. The van der Waals surface area contributed by atoms with E-state index in [1.165, 1.54) is 30.4 Å². The third-order valence-electron chi connectivity index (χ3n) is 6.03. The first-order chi connectivity index (χ1) is 11.8. The molecule has 130 valence electrons. The van der Waals surface area contributed by atoms with Crippen LogP contribution in [0, 0.1) is 5.92 Å². The van der Waals surface area contributed by atoms with Crippen molar-refractivity contribution >= 4 is 5.91 Å². The molecule has 2 aliphatic heterocycles. The van der Waals surface area contributed by atoms with Crippen molar-refractivity contribution in [1.82, 2.24) is 9.80 Å². The zero-order valence-electron chi connectivity index (χ0n) is 14.5. The Hall–Kier alpha value is -1.39. The van der Waals surface area contributed by atoms with Crippen LogP contribution in [0.15, 0.2) is 24.3 Å². The Morgan fingerprint density at radius 1 is 0.958 bits per heavy atom. The number of aryl methyl sites for hydroxylation is 1. The maximum absolute atomic E-state index is 12.7. The average molecular weight is 328 g/mol. The molecule has 4 rings (SSSR count). The summed E-state index contributed by atoms with van der Waals surface area (Å²) in [6.07, 6.45) is 5.42. The molecule has 24 heavy (non-hydrogen) atoms. The second-order valence-electron chi connectivity index (χ2n) is 7.41. The molecule has 1 amide bonds. The zero-order chi connectivity index (χ0) is 16.4. The van der Waals surface area contributed by atoms with Gasteiger partial charge in [-0.15, -0.1) is 0 Å². The molecule has 0 spiro atoms. The van der Waals surface area contributed by atoms with Gasteiger partial charge in [0.2, 0.25) is 5.91 Å². The van der Waals surface area contributed by atoms with Crippen molar-refractivity contribution in [3.05, 3.63) is 35.4 Å². The van der Waals surface area contributed by atoms with Crippen molar-refractivity contribution in [3.63, 3.8) is 0 Å². The van der Waals surface area contributed by atoms with Gasteiger partial charge in [-0.25, -0.2) is 0 Å². The fraction of sp³-hybridized carbons (Fsp3) is 0.650. The van der Waals surface area contributed by atoms with Crippen LogP contribution in [0.4, 0.5) is 0 Å². The van der Waals surface area contributed by atoms with Gasteiger partial charge in [0, 0.05) is 51.4 Å². The molecule has 1 aliphatic carbocycles. The number of piperazine rings is 1. The molecule has 0 saturated carbocycles. The summed E-state index contributed by atoms with van der Waals surface area (Å²) in [5.41, 5.74) is 3.05. The summed E-state index contributed by atoms with van der Waals surface area (Å²) in [6.45, 7) is 5.35. The Morgan fingerprint density at radius 2 is 1.67 bits per heavy atom. The van der Waals surface area contributed by atoms with Crippen LogP contribution in [-0.2, 0) is 22.4 Å². The zero-order valence-corrected chi connectivity index (χ0v) is 14.5. The van der Waals surface area contributed by atoms with Gasteiger partial charge in [0.15, 0.2) is 0 Å². The molecule has 2 heterocycles. The van der Waals surface area contributed by atoms with Crippen molar-refractivity contribution in [2.24, 2.45) is 5.92 Å². The number of fused-ring (bicyclic) bond motifs is 1. The largest absolute Gasteiger partial charge is 0.381 e. The quantitative estimate of drug-likeness (QED) is 0.834. The minimum absolute atomic E-state index is 0.201. The van der Waals surface area contributed by atoms with E-state index in [1.807, 2.05) is 0 Å². The smallest absolute Gasteiger partial charge is 0.225 e. The van der Waals surface area contributed by atoms with E-state index in [0.29, 0.717) is 11.9 Å². The maximum Gasteiger partial charge on any atom is 0.225 e. The first-order valence-corrected chi connectivity index (χ1v) is 9.48. The number of hydrogen-bond acceptors (Lipinski definition) is 3. The molecule has 4 nitrogen and oxygen atoms in total. The molecule has 0 N–H and O–H groups in total. The number of hydrogen-bond donors (Lipinski definition) is 0. The predicted molar refractivity (Wildman–Crippen MR) is 94.0 cm³/mol. The summed E-state index contributed by atoms with van der Waals surface area (Å²) in [6, 6.07) is 9.52. The van der Waals surface area contributed by atoms with E-state index in [9.17, 15) is 4.79 Å².